The number of aliphatic hydroxyl groups excluding tert-OH is 1. The molecule has 0 bridgehead atoms. The zero-order valence-corrected chi connectivity index (χ0v) is 21.8. The van der Waals surface area contributed by atoms with Crippen molar-refractivity contribution in [3.05, 3.63) is 65.0 Å². The van der Waals surface area contributed by atoms with Crippen LogP contribution >= 0.6 is 0 Å². The summed E-state index contributed by atoms with van der Waals surface area (Å²) in [5.41, 5.74) is 6.67. The minimum Gasteiger partial charge on any atom is -0.427 e. The third kappa shape index (κ3) is 5.43. The van der Waals surface area contributed by atoms with E-state index in [0.29, 0.717) is 23.2 Å². The van der Waals surface area contributed by atoms with Gasteiger partial charge in [-0.15, -0.1) is 0 Å². The Kier molecular flexibility index (Phi) is 8.17. The third-order valence-electron chi connectivity index (χ3n) is 7.44. The third-order valence-corrected chi connectivity index (χ3v) is 7.44. The smallest absolute Gasteiger partial charge is 0.418 e. The molecule has 2 unspecified atom stereocenters. The quantitative estimate of drug-likeness (QED) is 0.377. The van der Waals surface area contributed by atoms with Gasteiger partial charge in [0.15, 0.2) is 0 Å². The maximum Gasteiger partial charge on any atom is 0.418 e. The van der Waals surface area contributed by atoms with Crippen molar-refractivity contribution < 1.29 is 33.4 Å². The fourth-order valence-corrected chi connectivity index (χ4v) is 5.07. The topological polar surface area (TPSA) is 154 Å². The van der Waals surface area contributed by atoms with Crippen molar-refractivity contribution in [2.45, 2.75) is 38.0 Å². The van der Waals surface area contributed by atoms with E-state index in [1.807, 2.05) is 0 Å². The second-order valence-electron chi connectivity index (χ2n) is 9.73. The van der Waals surface area contributed by atoms with Gasteiger partial charge >= 0.3 is 12.1 Å². The highest BCUT2D eigenvalue weighted by molar-refractivity contribution is 6.06. The standard InChI is InChI=1S/C27H32FN5O6/c1-16(19(12-29)15-34)32(13-17-3-5-20(28)6-4-17)23(35)14-33-24(36)27(39-26(33)38)10-9-18-11-21(7-8-22(18)27)31-25(37)30-2/h3-8,11,16,19,34H,9-10,12-15,29H2,1-2H3,(H2,30,31,37)/t16?,19?,27-/m1/s1. The molecule has 1 saturated heterocycles. The number of urea groups is 1. The van der Waals surface area contributed by atoms with Gasteiger partial charge in [-0.25, -0.2) is 18.9 Å². The van der Waals surface area contributed by atoms with Crippen molar-refractivity contribution in [3.63, 3.8) is 0 Å². The predicted molar refractivity (Wildman–Crippen MR) is 139 cm³/mol. The molecule has 0 saturated carbocycles. The number of benzene rings is 2. The van der Waals surface area contributed by atoms with Gasteiger partial charge in [0.1, 0.15) is 12.4 Å². The Morgan fingerprint density at radius 1 is 1.23 bits per heavy atom. The SMILES string of the molecule is CNC(=O)Nc1ccc2c(c1)CC[C@@]21OC(=O)N(CC(=O)N(Cc2ccc(F)cc2)C(C)C(CN)CO)C1=O. The van der Waals surface area contributed by atoms with Crippen LogP contribution in [-0.2, 0) is 32.9 Å². The Morgan fingerprint density at radius 2 is 1.95 bits per heavy atom. The maximum absolute atomic E-state index is 13.6. The van der Waals surface area contributed by atoms with Crippen LogP contribution in [0.2, 0.25) is 0 Å². The number of nitrogens with one attached hydrogen (secondary N) is 2. The lowest BCUT2D eigenvalue weighted by atomic mass is 9.94. The number of nitrogens with zero attached hydrogens (tertiary/aromatic N) is 2. The monoisotopic (exact) mass is 541 g/mol. The van der Waals surface area contributed by atoms with Crippen molar-refractivity contribution in [1.29, 1.82) is 0 Å². The highest BCUT2D eigenvalue weighted by Gasteiger charge is 2.58. The second kappa shape index (κ2) is 11.4. The first-order chi connectivity index (χ1) is 18.6. The zero-order chi connectivity index (χ0) is 28.3. The van der Waals surface area contributed by atoms with Gasteiger partial charge in [-0.05, 0) is 55.3 Å². The van der Waals surface area contributed by atoms with E-state index in [1.165, 1.54) is 36.2 Å². The molecule has 1 spiro atoms. The number of hydrogen-bond acceptors (Lipinski definition) is 7. The average Bonchev–Trinajstić information content (AvgIpc) is 3.40. The first-order valence-corrected chi connectivity index (χ1v) is 12.7. The summed E-state index contributed by atoms with van der Waals surface area (Å²) >= 11 is 0. The molecule has 11 nitrogen and oxygen atoms in total. The van der Waals surface area contributed by atoms with Gasteiger partial charge in [-0.2, -0.15) is 0 Å². The number of imide groups is 1. The highest BCUT2D eigenvalue weighted by Crippen LogP contribution is 2.46. The van der Waals surface area contributed by atoms with Gasteiger partial charge in [-0.1, -0.05) is 18.2 Å². The molecular formula is C27H32FN5O6. The number of nitrogens with two attached hydrogens (primary N) is 1. The number of ether oxygens (including phenoxy) is 1. The average molecular weight is 542 g/mol. The lowest BCUT2D eigenvalue weighted by Gasteiger charge is -2.34. The van der Waals surface area contributed by atoms with Crippen molar-refractivity contribution in [2.24, 2.45) is 11.7 Å². The minimum absolute atomic E-state index is 0.0585. The Morgan fingerprint density at radius 3 is 2.59 bits per heavy atom. The summed E-state index contributed by atoms with van der Waals surface area (Å²) < 4.78 is 19.1. The molecule has 12 heteroatoms. The van der Waals surface area contributed by atoms with Crippen LogP contribution in [0.4, 0.5) is 19.7 Å². The van der Waals surface area contributed by atoms with Gasteiger partial charge in [0.25, 0.3) is 5.91 Å². The summed E-state index contributed by atoms with van der Waals surface area (Å²) in [6.07, 6.45) is -0.293. The van der Waals surface area contributed by atoms with Crippen LogP contribution in [0.1, 0.15) is 30.0 Å². The molecule has 0 radical (unpaired) electrons. The van der Waals surface area contributed by atoms with Gasteiger partial charge in [-0.3, -0.25) is 9.59 Å². The van der Waals surface area contributed by atoms with Gasteiger partial charge < -0.3 is 31.1 Å². The fourth-order valence-electron chi connectivity index (χ4n) is 5.07. The van der Waals surface area contributed by atoms with E-state index in [9.17, 15) is 28.7 Å². The Bertz CT molecular complexity index is 1270. The van der Waals surface area contributed by atoms with Crippen LogP contribution in [0.3, 0.4) is 0 Å². The minimum atomic E-state index is -1.55. The predicted octanol–water partition coefficient (Wildman–Crippen LogP) is 1.68. The number of hydrogen-bond donors (Lipinski definition) is 4. The number of halogens is 1. The maximum atomic E-state index is 13.6. The van der Waals surface area contributed by atoms with E-state index >= 15 is 0 Å². The molecule has 4 rings (SSSR count). The molecule has 2 aromatic carbocycles. The molecule has 1 aliphatic carbocycles. The molecule has 1 heterocycles. The van der Waals surface area contributed by atoms with Crippen molar-refractivity contribution in [2.75, 3.05) is 32.1 Å². The van der Waals surface area contributed by atoms with Crippen molar-refractivity contribution in [3.8, 4) is 0 Å². The van der Waals surface area contributed by atoms with E-state index < -0.39 is 53.9 Å². The summed E-state index contributed by atoms with van der Waals surface area (Å²) in [6, 6.07) is 9.65. The number of carbonyl (C=O) groups is 4. The molecular weight excluding hydrogens is 509 g/mol. The van der Waals surface area contributed by atoms with Crippen LogP contribution in [-0.4, -0.2) is 71.6 Å². The number of amides is 5. The summed E-state index contributed by atoms with van der Waals surface area (Å²) in [5, 5.41) is 14.9. The highest BCUT2D eigenvalue weighted by atomic mass is 19.1. The molecule has 3 atom stereocenters. The lowest BCUT2D eigenvalue weighted by Crippen LogP contribution is -2.50. The molecule has 5 amide bonds. The van der Waals surface area contributed by atoms with E-state index in [0.717, 1.165) is 10.5 Å². The van der Waals surface area contributed by atoms with E-state index in [2.05, 4.69) is 10.6 Å². The number of carbonyl (C=O) groups excluding carboxylic acids is 4. The first-order valence-electron chi connectivity index (χ1n) is 12.7. The summed E-state index contributed by atoms with van der Waals surface area (Å²) in [4.78, 5) is 54.0. The normalized spacial score (nSPS) is 19.5. The van der Waals surface area contributed by atoms with Gasteiger partial charge in [0.2, 0.25) is 11.5 Å². The largest absolute Gasteiger partial charge is 0.427 e. The van der Waals surface area contributed by atoms with Crippen molar-refractivity contribution in [1.82, 2.24) is 15.1 Å². The number of fused-ring (bicyclic) bond motifs is 2. The van der Waals surface area contributed by atoms with Crippen molar-refractivity contribution >= 4 is 29.6 Å². The summed E-state index contributed by atoms with van der Waals surface area (Å²) in [5.74, 6) is -2.08. The first kappa shape index (κ1) is 28.0. The van der Waals surface area contributed by atoms with Crippen LogP contribution in [0.15, 0.2) is 42.5 Å². The van der Waals surface area contributed by atoms with Gasteiger partial charge in [0, 0.05) is 49.8 Å². The fraction of sp³-hybridized carbons (Fsp3) is 0.407. The van der Waals surface area contributed by atoms with Crippen LogP contribution in [0, 0.1) is 11.7 Å². The lowest BCUT2D eigenvalue weighted by molar-refractivity contribution is -0.143. The Balaban J connectivity index is 1.56. The van der Waals surface area contributed by atoms with Crippen LogP contribution < -0.4 is 16.4 Å². The molecule has 2 aromatic rings. The Labute approximate surface area is 225 Å². The Hall–Kier alpha value is -4.03. The number of aliphatic hydroxyl groups is 1. The molecule has 1 aliphatic heterocycles. The van der Waals surface area contributed by atoms with E-state index in [-0.39, 0.29) is 26.1 Å². The van der Waals surface area contributed by atoms with Crippen LogP contribution in [0.5, 0.6) is 0 Å². The zero-order valence-electron chi connectivity index (χ0n) is 21.8. The molecule has 39 heavy (non-hydrogen) atoms. The number of rotatable bonds is 9. The molecule has 5 N–H and O–H groups in total. The molecule has 0 aromatic heterocycles. The van der Waals surface area contributed by atoms with E-state index in [1.54, 1.807) is 25.1 Å². The van der Waals surface area contributed by atoms with E-state index in [4.69, 9.17) is 10.5 Å². The number of anilines is 1. The molecule has 1 fully saturated rings. The summed E-state index contributed by atoms with van der Waals surface area (Å²) in [7, 11) is 1.49. The van der Waals surface area contributed by atoms with Gasteiger partial charge in [0.05, 0.1) is 0 Å². The molecule has 208 valence electrons. The van der Waals surface area contributed by atoms with Crippen LogP contribution in [0.25, 0.3) is 0 Å². The molecule has 2 aliphatic rings. The number of aryl methyl sites for hydroxylation is 1. The second-order valence-corrected chi connectivity index (χ2v) is 9.73. The summed E-state index contributed by atoms with van der Waals surface area (Å²) in [6.45, 7) is 1.04.